The lowest BCUT2D eigenvalue weighted by atomic mass is 10.2. The fourth-order valence-corrected chi connectivity index (χ4v) is 2.41. The van der Waals surface area contributed by atoms with Crippen LogP contribution in [0.25, 0.3) is 0 Å². The number of rotatable bonds is 7. The first-order valence-corrected chi connectivity index (χ1v) is 8.64. The van der Waals surface area contributed by atoms with E-state index in [-0.39, 0.29) is 24.2 Å². The second-order valence-electron chi connectivity index (χ2n) is 6.40. The van der Waals surface area contributed by atoms with Gasteiger partial charge in [-0.3, -0.25) is 9.59 Å². The number of nitrogens with zero attached hydrogens (tertiary/aromatic N) is 1. The molecule has 1 aromatic carbocycles. The number of alkyl halides is 3. The number of pyridine rings is 1. The average Bonchev–Trinajstić information content (AvgIpc) is 3.50. The van der Waals surface area contributed by atoms with E-state index < -0.39 is 18.7 Å². The van der Waals surface area contributed by atoms with E-state index in [1.807, 2.05) is 0 Å². The monoisotopic (exact) mass is 393 g/mol. The SMILES string of the molecule is O=C(NCc1cccnc1OCC(F)(F)F)c1ccc(NC(=O)C2CC2)cc1. The Morgan fingerprint density at radius 3 is 2.50 bits per heavy atom. The van der Waals surface area contributed by atoms with Crippen molar-refractivity contribution in [3.05, 3.63) is 53.7 Å². The number of carbonyl (C=O) groups excluding carboxylic acids is 2. The van der Waals surface area contributed by atoms with E-state index >= 15 is 0 Å². The molecule has 1 fully saturated rings. The maximum absolute atomic E-state index is 12.3. The molecule has 6 nitrogen and oxygen atoms in total. The highest BCUT2D eigenvalue weighted by atomic mass is 19.4. The topological polar surface area (TPSA) is 80.3 Å². The third kappa shape index (κ3) is 5.70. The Bertz CT molecular complexity index is 849. The zero-order chi connectivity index (χ0) is 20.1. The fraction of sp³-hybridized carbons (Fsp3) is 0.316. The first kappa shape index (κ1) is 19.7. The van der Waals surface area contributed by atoms with Gasteiger partial charge in [-0.05, 0) is 43.2 Å². The van der Waals surface area contributed by atoms with Crippen LogP contribution in [0.4, 0.5) is 18.9 Å². The lowest BCUT2D eigenvalue weighted by molar-refractivity contribution is -0.154. The van der Waals surface area contributed by atoms with Gasteiger partial charge < -0.3 is 15.4 Å². The second-order valence-corrected chi connectivity index (χ2v) is 6.40. The van der Waals surface area contributed by atoms with Crippen LogP contribution >= 0.6 is 0 Å². The number of nitrogens with one attached hydrogen (secondary N) is 2. The molecule has 2 aromatic rings. The summed E-state index contributed by atoms with van der Waals surface area (Å²) in [6.45, 7) is -1.50. The van der Waals surface area contributed by atoms with Crippen LogP contribution in [0, 0.1) is 5.92 Å². The molecule has 0 spiro atoms. The van der Waals surface area contributed by atoms with Crippen LogP contribution in [0.1, 0.15) is 28.8 Å². The van der Waals surface area contributed by atoms with Crippen LogP contribution in [0.15, 0.2) is 42.6 Å². The van der Waals surface area contributed by atoms with Gasteiger partial charge in [0.15, 0.2) is 6.61 Å². The lowest BCUT2D eigenvalue weighted by Crippen LogP contribution is -2.24. The number of hydrogen-bond donors (Lipinski definition) is 2. The highest BCUT2D eigenvalue weighted by Crippen LogP contribution is 2.30. The fourth-order valence-electron chi connectivity index (χ4n) is 2.41. The third-order valence-electron chi connectivity index (χ3n) is 4.02. The molecule has 0 bridgehead atoms. The van der Waals surface area contributed by atoms with E-state index in [9.17, 15) is 22.8 Å². The summed E-state index contributed by atoms with van der Waals surface area (Å²) in [5.74, 6) is -0.541. The molecule has 148 valence electrons. The van der Waals surface area contributed by atoms with Gasteiger partial charge in [0.2, 0.25) is 11.8 Å². The van der Waals surface area contributed by atoms with Crippen LogP contribution in [0.3, 0.4) is 0 Å². The Hall–Kier alpha value is -3.10. The molecule has 28 heavy (non-hydrogen) atoms. The normalized spacial score (nSPS) is 13.7. The van der Waals surface area contributed by atoms with Crippen molar-refractivity contribution in [2.75, 3.05) is 11.9 Å². The molecule has 0 unspecified atom stereocenters. The van der Waals surface area contributed by atoms with E-state index in [4.69, 9.17) is 0 Å². The van der Waals surface area contributed by atoms with Gasteiger partial charge >= 0.3 is 6.18 Å². The van der Waals surface area contributed by atoms with Gasteiger partial charge in [-0.1, -0.05) is 6.07 Å². The van der Waals surface area contributed by atoms with Gasteiger partial charge in [-0.2, -0.15) is 13.2 Å². The highest BCUT2D eigenvalue weighted by Gasteiger charge is 2.30. The van der Waals surface area contributed by atoms with Crippen molar-refractivity contribution < 1.29 is 27.5 Å². The quantitative estimate of drug-likeness (QED) is 0.757. The van der Waals surface area contributed by atoms with Crippen LogP contribution < -0.4 is 15.4 Å². The molecule has 1 saturated carbocycles. The molecule has 0 saturated heterocycles. The van der Waals surface area contributed by atoms with Crippen LogP contribution in [0.2, 0.25) is 0 Å². The molecular formula is C19H18F3N3O3. The molecule has 2 amide bonds. The minimum absolute atomic E-state index is 0.0276. The number of hydrogen-bond acceptors (Lipinski definition) is 4. The number of halogens is 3. The summed E-state index contributed by atoms with van der Waals surface area (Å²) in [6.07, 6.45) is -1.37. The largest absolute Gasteiger partial charge is 0.468 e. The maximum atomic E-state index is 12.3. The first-order chi connectivity index (χ1) is 13.3. The standard InChI is InChI=1S/C19H18F3N3O3/c20-19(21,22)11-28-18-14(2-1-9-23-18)10-24-16(26)12-5-7-15(8-6-12)25-17(27)13-3-4-13/h1-2,5-9,13H,3-4,10-11H2,(H,24,26)(H,25,27). The third-order valence-corrected chi connectivity index (χ3v) is 4.02. The summed E-state index contributed by atoms with van der Waals surface area (Å²) in [5, 5.41) is 5.39. The number of ether oxygens (including phenoxy) is 1. The van der Waals surface area contributed by atoms with Crippen molar-refractivity contribution in [2.45, 2.75) is 25.6 Å². The molecule has 0 aliphatic heterocycles. The van der Waals surface area contributed by atoms with Crippen molar-refractivity contribution in [2.24, 2.45) is 5.92 Å². The zero-order valence-electron chi connectivity index (χ0n) is 14.8. The Morgan fingerprint density at radius 1 is 1.14 bits per heavy atom. The number of anilines is 1. The summed E-state index contributed by atoms with van der Waals surface area (Å²) in [4.78, 5) is 27.8. The zero-order valence-corrected chi connectivity index (χ0v) is 14.8. The van der Waals surface area contributed by atoms with Crippen molar-refractivity contribution in [3.63, 3.8) is 0 Å². The Labute approximate surface area is 159 Å². The number of carbonyl (C=O) groups is 2. The molecule has 9 heteroatoms. The summed E-state index contributed by atoms with van der Waals surface area (Å²) < 4.78 is 41.6. The highest BCUT2D eigenvalue weighted by molar-refractivity contribution is 5.96. The Morgan fingerprint density at radius 2 is 1.86 bits per heavy atom. The van der Waals surface area contributed by atoms with E-state index in [1.165, 1.54) is 12.3 Å². The van der Waals surface area contributed by atoms with Crippen molar-refractivity contribution >= 4 is 17.5 Å². The van der Waals surface area contributed by atoms with Gasteiger partial charge in [0, 0.05) is 35.5 Å². The molecule has 0 radical (unpaired) electrons. The second kappa shape index (κ2) is 8.28. The van der Waals surface area contributed by atoms with Crippen LogP contribution in [-0.4, -0.2) is 29.6 Å². The number of amides is 2. The molecule has 0 atom stereocenters. The van der Waals surface area contributed by atoms with Gasteiger partial charge in [0.05, 0.1) is 0 Å². The van der Waals surface area contributed by atoms with Crippen molar-refractivity contribution in [3.8, 4) is 5.88 Å². The van der Waals surface area contributed by atoms with Gasteiger partial charge in [0.25, 0.3) is 5.91 Å². The van der Waals surface area contributed by atoms with Gasteiger partial charge in [0.1, 0.15) is 0 Å². The minimum atomic E-state index is -4.48. The Kier molecular flexibility index (Phi) is 5.81. The van der Waals surface area contributed by atoms with Crippen LogP contribution in [0.5, 0.6) is 5.88 Å². The molecule has 1 aliphatic rings. The molecular weight excluding hydrogens is 375 g/mol. The predicted octanol–water partition coefficient (Wildman–Crippen LogP) is 3.30. The van der Waals surface area contributed by atoms with E-state index in [1.54, 1.807) is 30.3 Å². The smallest absolute Gasteiger partial charge is 0.422 e. The molecule has 1 aliphatic carbocycles. The average molecular weight is 393 g/mol. The molecule has 1 heterocycles. The number of aromatic nitrogens is 1. The van der Waals surface area contributed by atoms with Gasteiger partial charge in [-0.25, -0.2) is 4.98 Å². The summed E-state index contributed by atoms with van der Waals surface area (Å²) in [5.41, 5.74) is 1.28. The lowest BCUT2D eigenvalue weighted by Gasteiger charge is -2.12. The summed E-state index contributed by atoms with van der Waals surface area (Å²) >= 11 is 0. The van der Waals surface area contributed by atoms with Crippen molar-refractivity contribution in [1.29, 1.82) is 0 Å². The minimum Gasteiger partial charge on any atom is -0.468 e. The Balaban J connectivity index is 1.56. The van der Waals surface area contributed by atoms with Crippen LogP contribution in [-0.2, 0) is 11.3 Å². The first-order valence-electron chi connectivity index (χ1n) is 8.64. The summed E-state index contributed by atoms with van der Waals surface area (Å²) in [6, 6.07) is 9.42. The van der Waals surface area contributed by atoms with E-state index in [0.29, 0.717) is 16.8 Å². The van der Waals surface area contributed by atoms with Gasteiger partial charge in [-0.15, -0.1) is 0 Å². The van der Waals surface area contributed by atoms with E-state index in [2.05, 4.69) is 20.4 Å². The van der Waals surface area contributed by atoms with Crippen molar-refractivity contribution in [1.82, 2.24) is 10.3 Å². The number of benzene rings is 1. The predicted molar refractivity (Wildman–Crippen MR) is 94.8 cm³/mol. The molecule has 3 rings (SSSR count). The maximum Gasteiger partial charge on any atom is 0.422 e. The molecule has 1 aromatic heterocycles. The molecule has 2 N–H and O–H groups in total. The summed E-state index contributed by atoms with van der Waals surface area (Å²) in [7, 11) is 0. The van der Waals surface area contributed by atoms with E-state index in [0.717, 1.165) is 12.8 Å².